The Bertz CT molecular complexity index is 396. The van der Waals surface area contributed by atoms with Crippen molar-refractivity contribution in [3.8, 4) is 5.75 Å². The van der Waals surface area contributed by atoms with Gasteiger partial charge < -0.3 is 19.3 Å². The van der Waals surface area contributed by atoms with Gasteiger partial charge in [-0.3, -0.25) is 0 Å². The van der Waals surface area contributed by atoms with Crippen LogP contribution in [0.25, 0.3) is 0 Å². The molecule has 1 unspecified atom stereocenters. The van der Waals surface area contributed by atoms with Gasteiger partial charge in [-0.15, -0.1) is 0 Å². The number of carbonyl (C=O) groups is 1. The molecule has 5 nitrogen and oxygen atoms in total. The monoisotopic (exact) mass is 252 g/mol. The number of ether oxygens (including phenoxy) is 3. The molecule has 5 heteroatoms. The van der Waals surface area contributed by atoms with E-state index in [9.17, 15) is 9.90 Å². The maximum atomic E-state index is 11.3. The molecular formula is C13H16O5. The number of aliphatic hydroxyl groups is 1. The Balaban J connectivity index is 1.95. The second kappa shape index (κ2) is 5.84. The van der Waals surface area contributed by atoms with Crippen molar-refractivity contribution >= 4 is 5.97 Å². The quantitative estimate of drug-likeness (QED) is 0.794. The molecule has 1 fully saturated rings. The zero-order valence-corrected chi connectivity index (χ0v) is 10.2. The molecule has 1 aromatic rings. The highest BCUT2D eigenvalue weighted by molar-refractivity contribution is 5.76. The minimum absolute atomic E-state index is 0.103. The van der Waals surface area contributed by atoms with Gasteiger partial charge >= 0.3 is 5.97 Å². The second-order valence-corrected chi connectivity index (χ2v) is 4.00. The van der Waals surface area contributed by atoms with Crippen LogP contribution in [0, 0.1) is 0 Å². The minimum Gasteiger partial charge on any atom is -0.486 e. The average molecular weight is 252 g/mol. The van der Waals surface area contributed by atoms with E-state index < -0.39 is 12.1 Å². The molecule has 0 spiro atoms. The van der Waals surface area contributed by atoms with Gasteiger partial charge in [-0.2, -0.15) is 0 Å². The summed E-state index contributed by atoms with van der Waals surface area (Å²) >= 11 is 0. The summed E-state index contributed by atoms with van der Waals surface area (Å²) in [6.07, 6.45) is -1.14. The van der Waals surface area contributed by atoms with Crippen molar-refractivity contribution in [1.82, 2.24) is 0 Å². The number of rotatable bonds is 5. The van der Waals surface area contributed by atoms with Gasteiger partial charge in [0.1, 0.15) is 11.9 Å². The lowest BCUT2D eigenvalue weighted by Gasteiger charge is -2.26. The molecule has 18 heavy (non-hydrogen) atoms. The molecule has 1 aromatic carbocycles. The third-order valence-electron chi connectivity index (χ3n) is 2.62. The molecule has 0 aliphatic carbocycles. The number of benzene rings is 1. The van der Waals surface area contributed by atoms with Crippen molar-refractivity contribution in [1.29, 1.82) is 0 Å². The SMILES string of the molecule is CCOC(=O)C(O)c1ccc(OC2COC2)cc1. The highest BCUT2D eigenvalue weighted by Gasteiger charge is 2.21. The first-order valence-corrected chi connectivity index (χ1v) is 5.89. The van der Waals surface area contributed by atoms with Crippen LogP contribution in [-0.2, 0) is 14.3 Å². The van der Waals surface area contributed by atoms with E-state index in [4.69, 9.17) is 14.2 Å². The summed E-state index contributed by atoms with van der Waals surface area (Å²) in [6, 6.07) is 6.74. The molecule has 0 aromatic heterocycles. The number of carbonyl (C=O) groups excluding carboxylic acids is 1. The van der Waals surface area contributed by atoms with E-state index >= 15 is 0 Å². The lowest BCUT2D eigenvalue weighted by atomic mass is 10.1. The van der Waals surface area contributed by atoms with Crippen LogP contribution in [0.5, 0.6) is 5.75 Å². The summed E-state index contributed by atoms with van der Waals surface area (Å²) in [5.74, 6) is 0.0571. The van der Waals surface area contributed by atoms with Gasteiger partial charge in [0.05, 0.1) is 19.8 Å². The summed E-state index contributed by atoms with van der Waals surface area (Å²) in [7, 11) is 0. The number of hydrogen-bond donors (Lipinski definition) is 1. The molecule has 0 bridgehead atoms. The highest BCUT2D eigenvalue weighted by atomic mass is 16.6. The zero-order chi connectivity index (χ0) is 13.0. The van der Waals surface area contributed by atoms with Gasteiger partial charge in [0.15, 0.2) is 6.10 Å². The molecule has 2 rings (SSSR count). The molecule has 1 N–H and O–H groups in total. The van der Waals surface area contributed by atoms with Gasteiger partial charge in [0.25, 0.3) is 0 Å². The summed E-state index contributed by atoms with van der Waals surface area (Å²) in [4.78, 5) is 11.3. The first-order valence-electron chi connectivity index (χ1n) is 5.89. The van der Waals surface area contributed by atoms with E-state index in [1.807, 2.05) is 0 Å². The lowest BCUT2D eigenvalue weighted by Crippen LogP contribution is -2.38. The van der Waals surface area contributed by atoms with Gasteiger partial charge in [-0.1, -0.05) is 12.1 Å². The maximum absolute atomic E-state index is 11.3. The largest absolute Gasteiger partial charge is 0.486 e. The van der Waals surface area contributed by atoms with Crippen LogP contribution in [0.2, 0.25) is 0 Å². The van der Waals surface area contributed by atoms with Crippen molar-refractivity contribution in [2.75, 3.05) is 19.8 Å². The summed E-state index contributed by atoms with van der Waals surface area (Å²) in [5.41, 5.74) is 0.491. The van der Waals surface area contributed by atoms with Crippen LogP contribution >= 0.6 is 0 Å². The molecule has 0 radical (unpaired) electrons. The van der Waals surface area contributed by atoms with E-state index in [1.165, 1.54) is 0 Å². The van der Waals surface area contributed by atoms with Gasteiger partial charge in [0, 0.05) is 0 Å². The number of hydrogen-bond acceptors (Lipinski definition) is 5. The Morgan fingerprint density at radius 3 is 2.61 bits per heavy atom. The molecule has 98 valence electrons. The zero-order valence-electron chi connectivity index (χ0n) is 10.2. The Hall–Kier alpha value is -1.59. The van der Waals surface area contributed by atoms with Crippen molar-refractivity contribution in [3.05, 3.63) is 29.8 Å². The second-order valence-electron chi connectivity index (χ2n) is 4.00. The van der Waals surface area contributed by atoms with E-state index in [-0.39, 0.29) is 12.7 Å². The molecule has 1 saturated heterocycles. The fraction of sp³-hybridized carbons (Fsp3) is 0.462. The van der Waals surface area contributed by atoms with Crippen LogP contribution in [0.3, 0.4) is 0 Å². The summed E-state index contributed by atoms with van der Waals surface area (Å²) in [5, 5.41) is 9.71. The van der Waals surface area contributed by atoms with Crippen molar-refractivity contribution in [3.63, 3.8) is 0 Å². The number of esters is 1. The van der Waals surface area contributed by atoms with Gasteiger partial charge in [0.2, 0.25) is 0 Å². The van der Waals surface area contributed by atoms with Crippen LogP contribution in [0.15, 0.2) is 24.3 Å². The molecule has 1 aliphatic heterocycles. The van der Waals surface area contributed by atoms with Crippen molar-refractivity contribution in [2.24, 2.45) is 0 Å². The van der Waals surface area contributed by atoms with Crippen LogP contribution in [0.1, 0.15) is 18.6 Å². The highest BCUT2D eigenvalue weighted by Crippen LogP contribution is 2.21. The average Bonchev–Trinajstić information content (AvgIpc) is 2.34. The van der Waals surface area contributed by atoms with Crippen molar-refractivity contribution < 1.29 is 24.1 Å². The topological polar surface area (TPSA) is 65.0 Å². The molecular weight excluding hydrogens is 236 g/mol. The van der Waals surface area contributed by atoms with Gasteiger partial charge in [-0.25, -0.2) is 4.79 Å². The van der Waals surface area contributed by atoms with E-state index in [2.05, 4.69) is 0 Å². The van der Waals surface area contributed by atoms with Crippen molar-refractivity contribution in [2.45, 2.75) is 19.1 Å². The fourth-order valence-electron chi connectivity index (χ4n) is 1.56. The standard InChI is InChI=1S/C13H16O5/c1-2-17-13(15)12(14)9-3-5-10(6-4-9)18-11-7-16-8-11/h3-6,11-12,14H,2,7-8H2,1H3. The van der Waals surface area contributed by atoms with E-state index in [1.54, 1.807) is 31.2 Å². The van der Waals surface area contributed by atoms with E-state index in [0.717, 1.165) is 0 Å². The maximum Gasteiger partial charge on any atom is 0.339 e. The Kier molecular flexibility index (Phi) is 4.17. The van der Waals surface area contributed by atoms with Crippen LogP contribution in [0.4, 0.5) is 0 Å². The third kappa shape index (κ3) is 3.00. The molecule has 0 saturated carbocycles. The lowest BCUT2D eigenvalue weighted by molar-refractivity contribution is -0.153. The Labute approximate surface area is 105 Å². The fourth-order valence-corrected chi connectivity index (χ4v) is 1.56. The van der Waals surface area contributed by atoms with Gasteiger partial charge in [-0.05, 0) is 24.6 Å². The number of aliphatic hydroxyl groups excluding tert-OH is 1. The molecule has 1 aliphatic rings. The molecule has 1 atom stereocenters. The first-order chi connectivity index (χ1) is 8.70. The van der Waals surface area contributed by atoms with E-state index in [0.29, 0.717) is 24.5 Å². The predicted octanol–water partition coefficient (Wildman–Crippen LogP) is 1.06. The Morgan fingerprint density at radius 2 is 2.11 bits per heavy atom. The summed E-state index contributed by atoms with van der Waals surface area (Å²) in [6.45, 7) is 3.15. The normalized spacial score (nSPS) is 16.8. The van der Waals surface area contributed by atoms with Crippen LogP contribution in [-0.4, -0.2) is 37.0 Å². The van der Waals surface area contributed by atoms with Crippen LogP contribution < -0.4 is 4.74 Å². The predicted molar refractivity (Wildman–Crippen MR) is 63.3 cm³/mol. The first kappa shape index (κ1) is 12.9. The minimum atomic E-state index is -1.24. The molecule has 0 amide bonds. The smallest absolute Gasteiger partial charge is 0.339 e. The Morgan fingerprint density at radius 1 is 1.44 bits per heavy atom. The molecule has 1 heterocycles. The third-order valence-corrected chi connectivity index (χ3v) is 2.62. The summed E-state index contributed by atoms with van der Waals surface area (Å²) < 4.78 is 15.3.